The van der Waals surface area contributed by atoms with Gasteiger partial charge in [-0.15, -0.1) is 0 Å². The van der Waals surface area contributed by atoms with E-state index in [-0.39, 0.29) is 11.9 Å². The molecule has 2 atom stereocenters. The van der Waals surface area contributed by atoms with Crippen LogP contribution < -0.4 is 11.1 Å². The van der Waals surface area contributed by atoms with E-state index in [1.807, 2.05) is 49.4 Å². The average Bonchev–Trinajstić information content (AvgIpc) is 2.48. The van der Waals surface area contributed by atoms with Gasteiger partial charge in [-0.05, 0) is 30.2 Å². The van der Waals surface area contributed by atoms with Gasteiger partial charge in [0.1, 0.15) is 6.04 Å². The number of nitrogens with one attached hydrogen (secondary N) is 1. The smallest absolute Gasteiger partial charge is 0.241 e. The summed E-state index contributed by atoms with van der Waals surface area (Å²) in [4.78, 5) is 16.0. The van der Waals surface area contributed by atoms with Crippen molar-refractivity contribution >= 4 is 5.91 Å². The molecular weight excluding hydrogens is 238 g/mol. The van der Waals surface area contributed by atoms with Crippen molar-refractivity contribution in [3.05, 3.63) is 66.0 Å². The fourth-order valence-corrected chi connectivity index (χ4v) is 1.85. The Hall–Kier alpha value is -2.20. The van der Waals surface area contributed by atoms with Crippen LogP contribution in [0.15, 0.2) is 54.9 Å². The van der Waals surface area contributed by atoms with E-state index in [2.05, 4.69) is 10.3 Å². The lowest BCUT2D eigenvalue weighted by molar-refractivity contribution is -0.123. The van der Waals surface area contributed by atoms with Gasteiger partial charge in [-0.2, -0.15) is 0 Å². The van der Waals surface area contributed by atoms with Crippen molar-refractivity contribution in [2.45, 2.75) is 19.0 Å². The Balaban J connectivity index is 2.02. The van der Waals surface area contributed by atoms with Crippen molar-refractivity contribution in [1.29, 1.82) is 0 Å². The zero-order valence-corrected chi connectivity index (χ0v) is 10.8. The summed E-state index contributed by atoms with van der Waals surface area (Å²) in [5.74, 6) is -0.185. The van der Waals surface area contributed by atoms with Gasteiger partial charge in [0.05, 0.1) is 6.04 Å². The summed E-state index contributed by atoms with van der Waals surface area (Å²) in [5.41, 5.74) is 7.75. The molecule has 98 valence electrons. The monoisotopic (exact) mass is 255 g/mol. The van der Waals surface area contributed by atoms with Gasteiger partial charge in [0, 0.05) is 12.4 Å². The summed E-state index contributed by atoms with van der Waals surface area (Å²) in [6, 6.07) is 12.3. The number of hydrogen-bond acceptors (Lipinski definition) is 3. The number of carbonyl (C=O) groups is 1. The van der Waals surface area contributed by atoms with Crippen LogP contribution >= 0.6 is 0 Å². The van der Waals surface area contributed by atoms with Gasteiger partial charge in [0.25, 0.3) is 0 Å². The van der Waals surface area contributed by atoms with Crippen LogP contribution in [0.25, 0.3) is 0 Å². The van der Waals surface area contributed by atoms with Crippen molar-refractivity contribution < 1.29 is 4.79 Å². The maximum atomic E-state index is 12.1. The molecule has 0 fully saturated rings. The molecule has 0 radical (unpaired) electrons. The van der Waals surface area contributed by atoms with E-state index in [1.54, 1.807) is 12.4 Å². The van der Waals surface area contributed by atoms with Crippen LogP contribution in [0, 0.1) is 0 Å². The average molecular weight is 255 g/mol. The lowest BCUT2D eigenvalue weighted by atomic mass is 10.1. The molecule has 0 saturated carbocycles. The number of benzene rings is 1. The number of pyridine rings is 1. The van der Waals surface area contributed by atoms with E-state index in [0.29, 0.717) is 0 Å². The third-order valence-corrected chi connectivity index (χ3v) is 3.01. The van der Waals surface area contributed by atoms with E-state index in [0.717, 1.165) is 11.1 Å². The first-order valence-corrected chi connectivity index (χ1v) is 6.19. The van der Waals surface area contributed by atoms with Crippen LogP contribution in [-0.4, -0.2) is 10.9 Å². The molecule has 1 aromatic heterocycles. The number of amides is 1. The predicted octanol–water partition coefficient (Wildman–Crippen LogP) is 1.96. The van der Waals surface area contributed by atoms with Crippen molar-refractivity contribution in [1.82, 2.24) is 10.3 Å². The zero-order chi connectivity index (χ0) is 13.7. The Morgan fingerprint density at radius 2 is 1.74 bits per heavy atom. The second kappa shape index (κ2) is 6.11. The van der Waals surface area contributed by atoms with Gasteiger partial charge in [0.15, 0.2) is 0 Å². The summed E-state index contributed by atoms with van der Waals surface area (Å²) in [6.07, 6.45) is 3.41. The van der Waals surface area contributed by atoms with E-state index in [4.69, 9.17) is 5.73 Å². The first-order chi connectivity index (χ1) is 9.18. The van der Waals surface area contributed by atoms with E-state index >= 15 is 0 Å². The van der Waals surface area contributed by atoms with Gasteiger partial charge in [0.2, 0.25) is 5.91 Å². The molecular formula is C15H17N3O. The van der Waals surface area contributed by atoms with Crippen LogP contribution in [0.1, 0.15) is 30.1 Å². The minimum absolute atomic E-state index is 0.0923. The highest BCUT2D eigenvalue weighted by Crippen LogP contribution is 2.14. The molecule has 1 aromatic carbocycles. The SMILES string of the molecule is CC(NC(=O)[C@@H](N)c1ccccc1)c1ccncc1. The van der Waals surface area contributed by atoms with Gasteiger partial charge < -0.3 is 11.1 Å². The van der Waals surface area contributed by atoms with Gasteiger partial charge in [-0.3, -0.25) is 9.78 Å². The van der Waals surface area contributed by atoms with E-state index in [1.165, 1.54) is 0 Å². The standard InChI is InChI=1S/C15H17N3O/c1-11(12-7-9-17-10-8-12)18-15(19)14(16)13-5-3-2-4-6-13/h2-11,14H,16H2,1H3,(H,18,19)/t11?,14-/m0/s1. The molecule has 0 aliphatic heterocycles. The normalized spacial score (nSPS) is 13.6. The predicted molar refractivity (Wildman–Crippen MR) is 74.2 cm³/mol. The van der Waals surface area contributed by atoms with Crippen molar-refractivity contribution in [2.75, 3.05) is 0 Å². The lowest BCUT2D eigenvalue weighted by Crippen LogP contribution is -2.35. The zero-order valence-electron chi connectivity index (χ0n) is 10.8. The van der Waals surface area contributed by atoms with Gasteiger partial charge >= 0.3 is 0 Å². The Labute approximate surface area is 112 Å². The fourth-order valence-electron chi connectivity index (χ4n) is 1.85. The molecule has 0 aliphatic carbocycles. The summed E-state index contributed by atoms with van der Waals surface area (Å²) < 4.78 is 0. The molecule has 0 spiro atoms. The Morgan fingerprint density at radius 3 is 2.37 bits per heavy atom. The van der Waals surface area contributed by atoms with Gasteiger partial charge in [-0.25, -0.2) is 0 Å². The highest BCUT2D eigenvalue weighted by Gasteiger charge is 2.17. The number of nitrogens with two attached hydrogens (primary N) is 1. The number of nitrogens with zero attached hydrogens (tertiary/aromatic N) is 1. The first kappa shape index (κ1) is 13.2. The molecule has 4 nitrogen and oxygen atoms in total. The van der Waals surface area contributed by atoms with E-state index < -0.39 is 6.04 Å². The molecule has 1 heterocycles. The number of aromatic nitrogens is 1. The topological polar surface area (TPSA) is 68.0 Å². The molecule has 0 bridgehead atoms. The fraction of sp³-hybridized carbons (Fsp3) is 0.200. The second-order valence-electron chi connectivity index (χ2n) is 4.40. The minimum Gasteiger partial charge on any atom is -0.348 e. The minimum atomic E-state index is -0.648. The van der Waals surface area contributed by atoms with Crippen LogP contribution in [0.5, 0.6) is 0 Å². The molecule has 1 amide bonds. The summed E-state index contributed by atoms with van der Waals surface area (Å²) >= 11 is 0. The third-order valence-electron chi connectivity index (χ3n) is 3.01. The summed E-state index contributed by atoms with van der Waals surface area (Å²) in [7, 11) is 0. The molecule has 0 aliphatic rings. The number of rotatable bonds is 4. The Morgan fingerprint density at radius 1 is 1.11 bits per heavy atom. The van der Waals surface area contributed by atoms with Crippen LogP contribution in [0.2, 0.25) is 0 Å². The Bertz CT molecular complexity index is 528. The second-order valence-corrected chi connectivity index (χ2v) is 4.40. The maximum Gasteiger partial charge on any atom is 0.241 e. The first-order valence-electron chi connectivity index (χ1n) is 6.19. The highest BCUT2D eigenvalue weighted by atomic mass is 16.2. The van der Waals surface area contributed by atoms with Gasteiger partial charge in [-0.1, -0.05) is 30.3 Å². The maximum absolute atomic E-state index is 12.1. The van der Waals surface area contributed by atoms with Crippen molar-refractivity contribution in [3.63, 3.8) is 0 Å². The molecule has 2 aromatic rings. The number of carbonyl (C=O) groups excluding carboxylic acids is 1. The Kier molecular flexibility index (Phi) is 4.26. The van der Waals surface area contributed by atoms with Crippen LogP contribution in [0.3, 0.4) is 0 Å². The van der Waals surface area contributed by atoms with E-state index in [9.17, 15) is 4.79 Å². The third kappa shape index (κ3) is 3.39. The molecule has 3 N–H and O–H groups in total. The summed E-state index contributed by atoms with van der Waals surface area (Å²) in [6.45, 7) is 1.92. The summed E-state index contributed by atoms with van der Waals surface area (Å²) in [5, 5.41) is 2.90. The molecule has 2 rings (SSSR count). The highest BCUT2D eigenvalue weighted by molar-refractivity contribution is 5.83. The molecule has 4 heteroatoms. The molecule has 1 unspecified atom stereocenters. The lowest BCUT2D eigenvalue weighted by Gasteiger charge is -2.18. The number of hydrogen-bond donors (Lipinski definition) is 2. The van der Waals surface area contributed by atoms with Crippen molar-refractivity contribution in [2.24, 2.45) is 5.73 Å². The molecule has 19 heavy (non-hydrogen) atoms. The van der Waals surface area contributed by atoms with Crippen LogP contribution in [-0.2, 0) is 4.79 Å². The van der Waals surface area contributed by atoms with Crippen LogP contribution in [0.4, 0.5) is 0 Å². The molecule has 0 saturated heterocycles. The van der Waals surface area contributed by atoms with Crippen molar-refractivity contribution in [3.8, 4) is 0 Å². The quantitative estimate of drug-likeness (QED) is 0.877. The largest absolute Gasteiger partial charge is 0.348 e.